The van der Waals surface area contributed by atoms with E-state index in [1.54, 1.807) is 25.1 Å². The van der Waals surface area contributed by atoms with Crippen LogP contribution in [0.2, 0.25) is 0 Å². The fraction of sp³-hybridized carbons (Fsp3) is 0.412. The Morgan fingerprint density at radius 2 is 2.00 bits per heavy atom. The van der Waals surface area contributed by atoms with Crippen molar-refractivity contribution < 1.29 is 19.4 Å². The molecule has 0 aromatic heterocycles. The van der Waals surface area contributed by atoms with E-state index in [4.69, 9.17) is 4.74 Å². The molecule has 1 rings (SSSR count). The molecule has 2 N–H and O–H groups in total. The number of phenols is 1. The maximum absolute atomic E-state index is 12.2. The van der Waals surface area contributed by atoms with E-state index >= 15 is 0 Å². The van der Waals surface area contributed by atoms with E-state index < -0.39 is 12.0 Å². The number of allylic oxidation sites excluding steroid dienone is 1. The third kappa shape index (κ3) is 5.24. The monoisotopic (exact) mass is 305 g/mol. The molecule has 0 spiro atoms. The highest BCUT2D eigenvalue weighted by molar-refractivity contribution is 5.86. The smallest absolute Gasteiger partial charge is 0.328 e. The maximum Gasteiger partial charge on any atom is 0.328 e. The zero-order chi connectivity index (χ0) is 16.7. The lowest BCUT2D eigenvalue weighted by Gasteiger charge is -2.19. The van der Waals surface area contributed by atoms with Gasteiger partial charge in [0.1, 0.15) is 11.8 Å². The number of amides is 1. The third-order valence-corrected chi connectivity index (χ3v) is 3.32. The van der Waals surface area contributed by atoms with Crippen LogP contribution in [0.25, 0.3) is 0 Å². The first-order valence-electron chi connectivity index (χ1n) is 7.14. The van der Waals surface area contributed by atoms with Crippen molar-refractivity contribution in [1.82, 2.24) is 5.32 Å². The predicted molar refractivity (Wildman–Crippen MR) is 84.4 cm³/mol. The van der Waals surface area contributed by atoms with E-state index in [9.17, 15) is 14.7 Å². The maximum atomic E-state index is 12.2. The highest BCUT2D eigenvalue weighted by Gasteiger charge is 2.25. The minimum absolute atomic E-state index is 0.0839. The number of nitrogens with one attached hydrogen (secondary N) is 1. The second-order valence-electron chi connectivity index (χ2n) is 5.48. The zero-order valence-electron chi connectivity index (χ0n) is 13.3. The van der Waals surface area contributed by atoms with Gasteiger partial charge in [0.2, 0.25) is 5.91 Å². The number of rotatable bonds is 7. The highest BCUT2D eigenvalue weighted by atomic mass is 16.5. The molecule has 2 unspecified atom stereocenters. The van der Waals surface area contributed by atoms with E-state index in [1.807, 2.05) is 6.92 Å². The fourth-order valence-corrected chi connectivity index (χ4v) is 2.17. The SMILES string of the molecule is C=C(C)CC(C)C(=O)NC(Cc1ccccc1O)C(=O)OC. The lowest BCUT2D eigenvalue weighted by atomic mass is 10.0. The average molecular weight is 305 g/mol. The molecule has 0 heterocycles. The predicted octanol–water partition coefficient (Wildman–Crippen LogP) is 2.19. The minimum Gasteiger partial charge on any atom is -0.508 e. The van der Waals surface area contributed by atoms with Crippen molar-refractivity contribution in [3.63, 3.8) is 0 Å². The van der Waals surface area contributed by atoms with Crippen molar-refractivity contribution in [3.05, 3.63) is 42.0 Å². The van der Waals surface area contributed by atoms with E-state index in [0.717, 1.165) is 5.57 Å². The van der Waals surface area contributed by atoms with Crippen molar-refractivity contribution in [2.75, 3.05) is 7.11 Å². The Kier molecular flexibility index (Phi) is 6.63. The number of phenolic OH excluding ortho intramolecular Hbond substituents is 1. The van der Waals surface area contributed by atoms with E-state index in [-0.39, 0.29) is 24.0 Å². The second kappa shape index (κ2) is 8.22. The number of hydrogen-bond acceptors (Lipinski definition) is 4. The van der Waals surface area contributed by atoms with Crippen LogP contribution in [0.4, 0.5) is 0 Å². The van der Waals surface area contributed by atoms with Gasteiger partial charge in [-0.2, -0.15) is 0 Å². The quantitative estimate of drug-likeness (QED) is 0.598. The number of aromatic hydroxyl groups is 1. The number of ether oxygens (including phenoxy) is 1. The molecule has 0 aliphatic heterocycles. The Hall–Kier alpha value is -2.30. The molecular weight excluding hydrogens is 282 g/mol. The highest BCUT2D eigenvalue weighted by Crippen LogP contribution is 2.18. The lowest BCUT2D eigenvalue weighted by Crippen LogP contribution is -2.45. The summed E-state index contributed by atoms with van der Waals surface area (Å²) in [6, 6.07) is 5.86. The van der Waals surface area contributed by atoms with Gasteiger partial charge in [-0.15, -0.1) is 6.58 Å². The van der Waals surface area contributed by atoms with Gasteiger partial charge < -0.3 is 15.2 Å². The van der Waals surface area contributed by atoms with E-state index in [1.165, 1.54) is 13.2 Å². The lowest BCUT2D eigenvalue weighted by molar-refractivity contribution is -0.145. The van der Waals surface area contributed by atoms with Crippen LogP contribution in [0.3, 0.4) is 0 Å². The van der Waals surface area contributed by atoms with Gasteiger partial charge in [0.15, 0.2) is 0 Å². The summed E-state index contributed by atoms with van der Waals surface area (Å²) in [6.45, 7) is 7.41. The van der Waals surface area contributed by atoms with E-state index in [2.05, 4.69) is 11.9 Å². The molecule has 5 nitrogen and oxygen atoms in total. The number of carbonyl (C=O) groups is 2. The van der Waals surface area contributed by atoms with Gasteiger partial charge in [-0.1, -0.05) is 30.7 Å². The molecule has 0 saturated carbocycles. The Balaban J connectivity index is 2.81. The summed E-state index contributed by atoms with van der Waals surface area (Å²) in [5.74, 6) is -0.984. The minimum atomic E-state index is -0.835. The summed E-state index contributed by atoms with van der Waals surface area (Å²) >= 11 is 0. The van der Waals surface area contributed by atoms with Crippen molar-refractivity contribution in [2.45, 2.75) is 32.7 Å². The molecule has 1 aromatic carbocycles. The Morgan fingerprint density at radius 1 is 1.36 bits per heavy atom. The Labute approximate surface area is 131 Å². The van der Waals surface area contributed by atoms with Crippen LogP contribution in [-0.2, 0) is 20.7 Å². The molecule has 0 aliphatic rings. The van der Waals surface area contributed by atoms with Gasteiger partial charge >= 0.3 is 5.97 Å². The molecular formula is C17H23NO4. The van der Waals surface area contributed by atoms with Crippen LogP contribution in [0.1, 0.15) is 25.8 Å². The topological polar surface area (TPSA) is 75.6 Å². The Morgan fingerprint density at radius 3 is 2.55 bits per heavy atom. The van der Waals surface area contributed by atoms with Crippen molar-refractivity contribution in [2.24, 2.45) is 5.92 Å². The molecule has 1 aromatic rings. The number of para-hydroxylation sites is 1. The average Bonchev–Trinajstić information content (AvgIpc) is 2.47. The largest absolute Gasteiger partial charge is 0.508 e. The first-order chi connectivity index (χ1) is 10.3. The molecule has 2 atom stereocenters. The molecule has 0 bridgehead atoms. The molecule has 1 amide bonds. The summed E-state index contributed by atoms with van der Waals surface area (Å²) in [4.78, 5) is 24.0. The van der Waals surface area contributed by atoms with Crippen LogP contribution >= 0.6 is 0 Å². The third-order valence-electron chi connectivity index (χ3n) is 3.32. The molecule has 0 aliphatic carbocycles. The molecule has 5 heteroatoms. The number of benzene rings is 1. The summed E-state index contributed by atoms with van der Waals surface area (Å²) in [7, 11) is 1.27. The summed E-state index contributed by atoms with van der Waals surface area (Å²) < 4.78 is 4.73. The molecule has 0 saturated heterocycles. The fourth-order valence-electron chi connectivity index (χ4n) is 2.17. The summed E-state index contributed by atoms with van der Waals surface area (Å²) in [5, 5.41) is 12.5. The number of carbonyl (C=O) groups excluding carboxylic acids is 2. The molecule has 0 fully saturated rings. The standard InChI is InChI=1S/C17H23NO4/c1-11(2)9-12(3)16(20)18-14(17(21)22-4)10-13-7-5-6-8-15(13)19/h5-8,12,14,19H,1,9-10H2,2-4H3,(H,18,20). The molecule has 0 radical (unpaired) electrons. The molecule has 22 heavy (non-hydrogen) atoms. The van der Waals surface area contributed by atoms with Gasteiger partial charge in [-0.25, -0.2) is 4.79 Å². The van der Waals surface area contributed by atoms with Crippen molar-refractivity contribution in [1.29, 1.82) is 0 Å². The number of esters is 1. The first kappa shape index (κ1) is 17.8. The van der Waals surface area contributed by atoms with Gasteiger partial charge in [-0.3, -0.25) is 4.79 Å². The zero-order valence-corrected chi connectivity index (χ0v) is 13.3. The van der Waals surface area contributed by atoms with Crippen LogP contribution < -0.4 is 5.32 Å². The Bertz CT molecular complexity index is 553. The molecule has 120 valence electrons. The van der Waals surface area contributed by atoms with Gasteiger partial charge in [0.25, 0.3) is 0 Å². The van der Waals surface area contributed by atoms with Crippen LogP contribution in [0, 0.1) is 5.92 Å². The van der Waals surface area contributed by atoms with Crippen molar-refractivity contribution in [3.8, 4) is 5.75 Å². The summed E-state index contributed by atoms with van der Waals surface area (Å²) in [5.41, 5.74) is 1.48. The van der Waals surface area contributed by atoms with Crippen molar-refractivity contribution >= 4 is 11.9 Å². The second-order valence-corrected chi connectivity index (χ2v) is 5.48. The number of methoxy groups -OCH3 is 1. The van der Waals surface area contributed by atoms with Crippen LogP contribution in [0.5, 0.6) is 5.75 Å². The van der Waals surface area contributed by atoms with Gasteiger partial charge in [-0.05, 0) is 25.0 Å². The van der Waals surface area contributed by atoms with Crippen LogP contribution in [0.15, 0.2) is 36.4 Å². The van der Waals surface area contributed by atoms with Gasteiger partial charge in [0.05, 0.1) is 7.11 Å². The van der Waals surface area contributed by atoms with E-state index in [0.29, 0.717) is 12.0 Å². The normalized spacial score (nSPS) is 13.0. The summed E-state index contributed by atoms with van der Waals surface area (Å²) in [6.07, 6.45) is 0.723. The first-order valence-corrected chi connectivity index (χ1v) is 7.14. The number of hydrogen-bond donors (Lipinski definition) is 2. The van der Waals surface area contributed by atoms with Crippen LogP contribution in [-0.4, -0.2) is 30.1 Å². The van der Waals surface area contributed by atoms with Gasteiger partial charge in [0, 0.05) is 12.3 Å².